The number of para-hydroxylation sites is 1. The van der Waals surface area contributed by atoms with Gasteiger partial charge in [-0.3, -0.25) is 0 Å². The molecule has 0 bridgehead atoms. The summed E-state index contributed by atoms with van der Waals surface area (Å²) in [6, 6.07) is 75.7. The number of fused-ring (bicyclic) bond motifs is 6. The molecule has 1 heterocycles. The summed E-state index contributed by atoms with van der Waals surface area (Å²) >= 11 is 0. The monoisotopic (exact) mass is 868 g/mol. The molecular formula is C62H48N2O3. The van der Waals surface area contributed by atoms with Gasteiger partial charge in [0.1, 0.15) is 5.75 Å². The fraction of sp³-hybridized carbons (Fsp3) is 0.0806. The molecule has 0 spiro atoms. The van der Waals surface area contributed by atoms with E-state index < -0.39 is 5.97 Å². The molecule has 0 aliphatic heterocycles. The Labute approximate surface area is 391 Å². The van der Waals surface area contributed by atoms with Crippen LogP contribution in [0.4, 0.5) is 17.1 Å². The van der Waals surface area contributed by atoms with Crippen molar-refractivity contribution in [3.63, 3.8) is 0 Å². The minimum Gasteiger partial charge on any atom is -0.423 e. The largest absolute Gasteiger partial charge is 0.423 e. The lowest BCUT2D eigenvalue weighted by molar-refractivity contribution is -0.128. The average molecular weight is 869 g/mol. The molecule has 324 valence electrons. The van der Waals surface area contributed by atoms with Crippen molar-refractivity contribution in [1.82, 2.24) is 4.57 Å². The lowest BCUT2D eigenvalue weighted by Gasteiger charge is -2.28. The summed E-state index contributed by atoms with van der Waals surface area (Å²) in [6.45, 7) is 9.05. The van der Waals surface area contributed by atoms with Gasteiger partial charge in [0.15, 0.2) is 0 Å². The minimum absolute atomic E-state index is 0.113. The molecule has 10 aromatic rings. The van der Waals surface area contributed by atoms with Crippen LogP contribution in [-0.4, -0.2) is 10.5 Å². The molecule has 1 aromatic heterocycles. The molecule has 0 fully saturated rings. The van der Waals surface area contributed by atoms with E-state index in [1.54, 1.807) is 12.1 Å². The molecule has 0 amide bonds. The average Bonchev–Trinajstić information content (AvgIpc) is 3.83. The highest BCUT2D eigenvalue weighted by molar-refractivity contribution is 6.10. The standard InChI is InChI=1S/C62H48N2O3/c1-4-61(65)67-52-34-20-43(21-35-52)41-66-40-42-18-27-50(28-19-42)64-59-17-11-9-15-55(59)56-38-47(26-37-60(56)64)46-24-31-49(32-25-46)63(48-29-22-45(23-30-48)44-12-6-5-7-13-44)51-33-36-54-53-14-8-10-16-57(53)62(2,3)58(54)39-51/h4-39H,1,40-41H2,2-3H3. The number of nitrogens with zero attached hydrogens (tertiary/aromatic N) is 2. The normalized spacial score (nSPS) is 12.4. The van der Waals surface area contributed by atoms with Crippen LogP contribution in [0, 0.1) is 0 Å². The van der Waals surface area contributed by atoms with Crippen molar-refractivity contribution >= 4 is 44.8 Å². The van der Waals surface area contributed by atoms with Gasteiger partial charge in [-0.2, -0.15) is 0 Å². The number of benzene rings is 9. The molecule has 0 saturated heterocycles. The van der Waals surface area contributed by atoms with Gasteiger partial charge >= 0.3 is 5.97 Å². The van der Waals surface area contributed by atoms with Crippen molar-refractivity contribution in [3.8, 4) is 44.8 Å². The van der Waals surface area contributed by atoms with Gasteiger partial charge in [0.2, 0.25) is 0 Å². The minimum atomic E-state index is -0.479. The molecule has 67 heavy (non-hydrogen) atoms. The maximum Gasteiger partial charge on any atom is 0.335 e. The zero-order chi connectivity index (χ0) is 45.5. The van der Waals surface area contributed by atoms with E-state index in [4.69, 9.17) is 9.47 Å². The summed E-state index contributed by atoms with van der Waals surface area (Å²) in [5, 5.41) is 2.41. The fourth-order valence-electron chi connectivity index (χ4n) is 9.79. The number of rotatable bonds is 12. The quantitative estimate of drug-likeness (QED) is 0.0697. The van der Waals surface area contributed by atoms with E-state index >= 15 is 0 Å². The van der Waals surface area contributed by atoms with Gasteiger partial charge in [-0.05, 0) is 134 Å². The van der Waals surface area contributed by atoms with E-state index in [1.165, 1.54) is 44.2 Å². The molecule has 0 atom stereocenters. The van der Waals surface area contributed by atoms with Crippen LogP contribution in [0.5, 0.6) is 5.75 Å². The van der Waals surface area contributed by atoms with Crippen molar-refractivity contribution in [2.24, 2.45) is 0 Å². The molecule has 1 aliphatic carbocycles. The third kappa shape index (κ3) is 7.79. The van der Waals surface area contributed by atoms with Gasteiger partial charge in [0.05, 0.1) is 24.2 Å². The number of hydrogen-bond donors (Lipinski definition) is 0. The maximum atomic E-state index is 11.5. The third-order valence-electron chi connectivity index (χ3n) is 13.2. The van der Waals surface area contributed by atoms with Crippen LogP contribution in [0.1, 0.15) is 36.1 Å². The Morgan fingerprint density at radius 2 is 1.07 bits per heavy atom. The van der Waals surface area contributed by atoms with E-state index in [1.807, 2.05) is 12.1 Å². The van der Waals surface area contributed by atoms with E-state index in [9.17, 15) is 4.79 Å². The highest BCUT2D eigenvalue weighted by Crippen LogP contribution is 2.51. The second-order valence-corrected chi connectivity index (χ2v) is 17.7. The van der Waals surface area contributed by atoms with Gasteiger partial charge in [-0.25, -0.2) is 4.79 Å². The fourth-order valence-corrected chi connectivity index (χ4v) is 9.79. The molecule has 0 N–H and O–H groups in total. The second kappa shape index (κ2) is 17.3. The van der Waals surface area contributed by atoms with Gasteiger partial charge in [0, 0.05) is 45.0 Å². The molecule has 5 nitrogen and oxygen atoms in total. The summed E-state index contributed by atoms with van der Waals surface area (Å²) in [5.41, 5.74) is 18.8. The number of aromatic nitrogens is 1. The molecule has 0 saturated carbocycles. The van der Waals surface area contributed by atoms with Gasteiger partial charge < -0.3 is 18.9 Å². The van der Waals surface area contributed by atoms with Crippen molar-refractivity contribution in [2.75, 3.05) is 4.90 Å². The Morgan fingerprint density at radius 1 is 0.522 bits per heavy atom. The highest BCUT2D eigenvalue weighted by atomic mass is 16.5. The summed E-state index contributed by atoms with van der Waals surface area (Å²) in [7, 11) is 0. The Balaban J connectivity index is 0.880. The maximum absolute atomic E-state index is 11.5. The van der Waals surface area contributed by atoms with Crippen molar-refractivity contribution in [2.45, 2.75) is 32.5 Å². The SMILES string of the molecule is C=CC(=O)Oc1ccc(COCc2ccc(-n3c4ccccc4c4cc(-c5ccc(N(c6ccc(-c7ccccc7)cc6)c6ccc7c(c6)C(C)(C)c6ccccc6-7)cc5)ccc43)cc2)cc1. The molecule has 9 aromatic carbocycles. The Hall–Kier alpha value is -8.25. The lowest BCUT2D eigenvalue weighted by Crippen LogP contribution is -2.16. The second-order valence-electron chi connectivity index (χ2n) is 17.7. The van der Waals surface area contributed by atoms with Crippen molar-refractivity contribution in [3.05, 3.63) is 247 Å². The van der Waals surface area contributed by atoms with Crippen LogP contribution >= 0.6 is 0 Å². The zero-order valence-corrected chi connectivity index (χ0v) is 37.5. The van der Waals surface area contributed by atoms with E-state index in [0.717, 1.165) is 62.1 Å². The molecule has 0 unspecified atom stereocenters. The summed E-state index contributed by atoms with van der Waals surface area (Å²) < 4.78 is 13.6. The van der Waals surface area contributed by atoms with Gasteiger partial charge in [-0.1, -0.05) is 154 Å². The van der Waals surface area contributed by atoms with Crippen molar-refractivity contribution < 1.29 is 14.3 Å². The van der Waals surface area contributed by atoms with Crippen LogP contribution in [0.15, 0.2) is 225 Å². The first-order valence-electron chi connectivity index (χ1n) is 22.8. The number of esters is 1. The third-order valence-corrected chi connectivity index (χ3v) is 13.2. The molecular weight excluding hydrogens is 821 g/mol. The number of ether oxygens (including phenoxy) is 2. The number of carbonyl (C=O) groups is 1. The predicted octanol–water partition coefficient (Wildman–Crippen LogP) is 15.7. The predicted molar refractivity (Wildman–Crippen MR) is 275 cm³/mol. The Morgan fingerprint density at radius 3 is 1.78 bits per heavy atom. The molecule has 1 aliphatic rings. The lowest BCUT2D eigenvalue weighted by atomic mass is 9.82. The summed E-state index contributed by atoms with van der Waals surface area (Å²) in [4.78, 5) is 13.9. The first-order valence-corrected chi connectivity index (χ1v) is 22.8. The molecule has 0 radical (unpaired) electrons. The van der Waals surface area contributed by atoms with E-state index in [-0.39, 0.29) is 5.41 Å². The molecule has 11 rings (SSSR count). The van der Waals surface area contributed by atoms with Gasteiger partial charge in [0.25, 0.3) is 0 Å². The summed E-state index contributed by atoms with van der Waals surface area (Å²) in [5.74, 6) is -0.000971. The Bertz CT molecular complexity index is 3440. The molecule has 5 heteroatoms. The Kier molecular flexibility index (Phi) is 10.7. The van der Waals surface area contributed by atoms with Crippen LogP contribution in [-0.2, 0) is 28.2 Å². The zero-order valence-electron chi connectivity index (χ0n) is 37.5. The summed E-state index contributed by atoms with van der Waals surface area (Å²) in [6.07, 6.45) is 1.15. The number of anilines is 3. The number of carbonyl (C=O) groups excluding carboxylic acids is 1. The highest BCUT2D eigenvalue weighted by Gasteiger charge is 2.35. The van der Waals surface area contributed by atoms with Crippen LogP contribution in [0.2, 0.25) is 0 Å². The first kappa shape index (κ1) is 41.5. The topological polar surface area (TPSA) is 43.7 Å². The van der Waals surface area contributed by atoms with E-state index in [0.29, 0.717) is 19.0 Å². The van der Waals surface area contributed by atoms with Crippen LogP contribution in [0.25, 0.3) is 60.9 Å². The van der Waals surface area contributed by atoms with Gasteiger partial charge in [-0.15, -0.1) is 0 Å². The first-order chi connectivity index (χ1) is 32.8. The van der Waals surface area contributed by atoms with Crippen LogP contribution in [0.3, 0.4) is 0 Å². The van der Waals surface area contributed by atoms with E-state index in [2.05, 4.69) is 218 Å². The van der Waals surface area contributed by atoms with Crippen molar-refractivity contribution in [1.29, 1.82) is 0 Å². The van der Waals surface area contributed by atoms with Crippen LogP contribution < -0.4 is 9.64 Å². The number of hydrogen-bond acceptors (Lipinski definition) is 4. The smallest absolute Gasteiger partial charge is 0.335 e.